The number of hydrogen-bond donors (Lipinski definition) is 2. The third-order valence-corrected chi connectivity index (χ3v) is 0.368. The van der Waals surface area contributed by atoms with Crippen molar-refractivity contribution in [1.29, 1.82) is 0 Å². The van der Waals surface area contributed by atoms with Crippen LogP contribution in [-0.4, -0.2) is 22.2 Å². The average Bonchev–Trinajstić information content (AvgIpc) is 1.61. The fourth-order valence-corrected chi connectivity index (χ4v) is 0.143. The first-order valence-corrected chi connectivity index (χ1v) is 1.77. The summed E-state index contributed by atoms with van der Waals surface area (Å²) < 4.78 is 0. The Hall–Kier alpha value is -0.0732. The number of carbonyl (C=O) groups is 2. The molecule has 0 bridgehead atoms. The van der Waals surface area contributed by atoms with E-state index in [2.05, 4.69) is 0 Å². The topological polar surface area (TPSA) is 74.6 Å². The average molecular weight is 247 g/mol. The van der Waals surface area contributed by atoms with Gasteiger partial charge in [0.15, 0.2) is 0 Å². The summed E-state index contributed by atoms with van der Waals surface area (Å²) >= 11 is 0. The first kappa shape index (κ1) is 16.5. The van der Waals surface area contributed by atoms with Crippen LogP contribution in [0.25, 0.3) is 0 Å². The minimum Gasteiger partial charge on any atom is -0.478 e. The summed E-state index contributed by atoms with van der Waals surface area (Å²) in [5, 5.41) is 15.6. The molecule has 0 aliphatic carbocycles. The summed E-state index contributed by atoms with van der Waals surface area (Å²) in [4.78, 5) is 19.1. The molecule has 0 aromatic carbocycles. The van der Waals surface area contributed by atoms with E-state index >= 15 is 0 Å². The van der Waals surface area contributed by atoms with Gasteiger partial charge in [-0.05, 0) is 0 Å². The van der Waals surface area contributed by atoms with Gasteiger partial charge >= 0.3 is 11.9 Å². The van der Waals surface area contributed by atoms with Crippen LogP contribution in [-0.2, 0) is 48.5 Å². The Kier molecular flexibility index (Phi) is 14.7. The molecule has 2 N–H and O–H groups in total. The van der Waals surface area contributed by atoms with Gasteiger partial charge in [-0.3, -0.25) is 0 Å². The second-order valence-electron chi connectivity index (χ2n) is 1.01. The molecule has 0 aliphatic heterocycles. The van der Waals surface area contributed by atoms with Crippen LogP contribution in [0.2, 0.25) is 0 Å². The molecule has 6 heteroatoms. The molecule has 0 saturated heterocycles. The van der Waals surface area contributed by atoms with Crippen molar-refractivity contribution in [2.24, 2.45) is 0 Å². The molecule has 48 valence electrons. The normalized spacial score (nSPS) is 7.60. The van der Waals surface area contributed by atoms with E-state index in [-0.39, 0.29) is 39.0 Å². The van der Waals surface area contributed by atoms with Crippen molar-refractivity contribution < 1.29 is 58.8 Å². The van der Waals surface area contributed by atoms with Crippen LogP contribution in [0.3, 0.4) is 0 Å². The summed E-state index contributed by atoms with van der Waals surface area (Å²) in [6.07, 6.45) is 1.12. The SMILES string of the molecule is O=C(O)C=CC(=O)O.[Zn].[Zn]. The summed E-state index contributed by atoms with van der Waals surface area (Å²) in [5.74, 6) is -2.51. The molecule has 0 amide bonds. The number of hydrogen-bond acceptors (Lipinski definition) is 2. The minimum atomic E-state index is -1.26. The third kappa shape index (κ3) is 15.7. The van der Waals surface area contributed by atoms with Gasteiger partial charge < -0.3 is 10.2 Å². The molecule has 0 unspecified atom stereocenters. The summed E-state index contributed by atoms with van der Waals surface area (Å²) in [6, 6.07) is 0. The predicted molar refractivity (Wildman–Crippen MR) is 24.4 cm³/mol. The van der Waals surface area contributed by atoms with Gasteiger partial charge in [-0.2, -0.15) is 0 Å². The van der Waals surface area contributed by atoms with Crippen molar-refractivity contribution in [1.82, 2.24) is 0 Å². The van der Waals surface area contributed by atoms with E-state index in [1.807, 2.05) is 0 Å². The molecular weight excluding hydrogens is 243 g/mol. The van der Waals surface area contributed by atoms with Crippen LogP contribution >= 0.6 is 0 Å². The molecule has 0 radical (unpaired) electrons. The molecule has 0 saturated carbocycles. The smallest absolute Gasteiger partial charge is 0.328 e. The van der Waals surface area contributed by atoms with Gasteiger partial charge in [-0.15, -0.1) is 0 Å². The van der Waals surface area contributed by atoms with Crippen molar-refractivity contribution in [3.63, 3.8) is 0 Å². The standard InChI is InChI=1S/C4H4O4.2Zn/c5-3(6)1-2-4(7)8;;/h1-2H,(H,5,6)(H,7,8);;. The molecule has 0 spiro atoms. The maximum atomic E-state index is 9.55. The molecule has 4 nitrogen and oxygen atoms in total. The number of rotatable bonds is 2. The largest absolute Gasteiger partial charge is 0.478 e. The van der Waals surface area contributed by atoms with Gasteiger partial charge in [-0.1, -0.05) is 0 Å². The zero-order valence-corrected chi connectivity index (χ0v) is 11.2. The summed E-state index contributed by atoms with van der Waals surface area (Å²) in [6.45, 7) is 0. The first-order valence-electron chi connectivity index (χ1n) is 1.77. The summed E-state index contributed by atoms with van der Waals surface area (Å²) in [5.41, 5.74) is 0. The molecule has 0 aromatic rings. The molecule has 0 aromatic heterocycles. The Morgan fingerprint density at radius 3 is 1.20 bits per heavy atom. The number of carboxylic acid groups (broad SMARTS) is 2. The molecule has 0 fully saturated rings. The molecule has 0 heterocycles. The Bertz CT molecular complexity index is 126. The van der Waals surface area contributed by atoms with Gasteiger partial charge in [0.2, 0.25) is 0 Å². The van der Waals surface area contributed by atoms with Crippen LogP contribution in [0.4, 0.5) is 0 Å². The van der Waals surface area contributed by atoms with Crippen LogP contribution in [0.15, 0.2) is 12.2 Å². The second kappa shape index (κ2) is 8.93. The van der Waals surface area contributed by atoms with Gasteiger partial charge in [-0.25, -0.2) is 9.59 Å². The second-order valence-corrected chi connectivity index (χ2v) is 1.01. The van der Waals surface area contributed by atoms with Crippen molar-refractivity contribution >= 4 is 11.9 Å². The third-order valence-electron chi connectivity index (χ3n) is 0.368. The fraction of sp³-hybridized carbons (Fsp3) is 0. The van der Waals surface area contributed by atoms with E-state index in [1.54, 1.807) is 0 Å². The zero-order chi connectivity index (χ0) is 6.57. The van der Waals surface area contributed by atoms with Crippen molar-refractivity contribution in [2.45, 2.75) is 0 Å². The van der Waals surface area contributed by atoms with E-state index in [9.17, 15) is 9.59 Å². The molecular formula is C4H4O4Zn2. The Morgan fingerprint density at radius 2 is 1.10 bits per heavy atom. The van der Waals surface area contributed by atoms with Crippen LogP contribution in [0, 0.1) is 0 Å². The van der Waals surface area contributed by atoms with E-state index in [4.69, 9.17) is 10.2 Å². The van der Waals surface area contributed by atoms with Gasteiger partial charge in [0.05, 0.1) is 0 Å². The zero-order valence-electron chi connectivity index (χ0n) is 5.28. The summed E-state index contributed by atoms with van der Waals surface area (Å²) in [7, 11) is 0. The Balaban J connectivity index is -0.000000245. The fourth-order valence-electron chi connectivity index (χ4n) is 0.143. The van der Waals surface area contributed by atoms with Gasteiger partial charge in [0.25, 0.3) is 0 Å². The van der Waals surface area contributed by atoms with Crippen molar-refractivity contribution in [3.05, 3.63) is 12.2 Å². The van der Waals surface area contributed by atoms with Crippen LogP contribution < -0.4 is 0 Å². The molecule has 0 rings (SSSR count). The van der Waals surface area contributed by atoms with E-state index in [0.717, 1.165) is 0 Å². The van der Waals surface area contributed by atoms with Crippen molar-refractivity contribution in [3.8, 4) is 0 Å². The predicted octanol–water partition coefficient (Wildman–Crippen LogP) is -0.293. The first-order chi connectivity index (χ1) is 3.63. The Morgan fingerprint density at radius 1 is 0.900 bits per heavy atom. The monoisotopic (exact) mass is 244 g/mol. The van der Waals surface area contributed by atoms with Crippen LogP contribution in [0.5, 0.6) is 0 Å². The van der Waals surface area contributed by atoms with E-state index in [1.165, 1.54) is 0 Å². The van der Waals surface area contributed by atoms with Crippen molar-refractivity contribution in [2.75, 3.05) is 0 Å². The maximum absolute atomic E-state index is 9.55. The van der Waals surface area contributed by atoms with Gasteiger partial charge in [0.1, 0.15) is 0 Å². The van der Waals surface area contributed by atoms with Gasteiger partial charge in [0, 0.05) is 51.1 Å². The van der Waals surface area contributed by atoms with E-state index in [0.29, 0.717) is 12.2 Å². The maximum Gasteiger partial charge on any atom is 0.328 e. The Labute approximate surface area is 82.8 Å². The molecule has 0 atom stereocenters. The number of aliphatic carboxylic acids is 2. The number of carboxylic acids is 2. The molecule has 10 heavy (non-hydrogen) atoms. The molecule has 0 aliphatic rings. The minimum absolute atomic E-state index is 0. The van der Waals surface area contributed by atoms with E-state index < -0.39 is 11.9 Å². The van der Waals surface area contributed by atoms with Crippen LogP contribution in [0.1, 0.15) is 0 Å². The quantitative estimate of drug-likeness (QED) is 0.519.